The van der Waals surface area contributed by atoms with E-state index in [1.807, 2.05) is 21.1 Å². The van der Waals surface area contributed by atoms with Crippen LogP contribution >= 0.6 is 7.82 Å². The van der Waals surface area contributed by atoms with Crippen molar-refractivity contribution in [3.05, 3.63) is 24.3 Å². The highest BCUT2D eigenvalue weighted by atomic mass is 31.2. The summed E-state index contributed by atoms with van der Waals surface area (Å²) in [7, 11) is 1.31. The molecule has 3 unspecified atom stereocenters. The molecule has 0 radical (unpaired) electrons. The number of rotatable bonds is 57. The summed E-state index contributed by atoms with van der Waals surface area (Å²) in [5.41, 5.74) is 0. The molecule has 0 fully saturated rings. The number of unbranched alkanes of at least 4 members (excludes halogenated alkanes) is 40. The zero-order chi connectivity index (χ0) is 51.3. The topological polar surface area (TPSA) is 108 Å². The van der Waals surface area contributed by atoms with Gasteiger partial charge in [0, 0.05) is 6.42 Å². The van der Waals surface area contributed by atoms with E-state index in [9.17, 15) is 19.4 Å². The largest absolute Gasteiger partial charge is 0.756 e. The molecule has 0 aromatic heterocycles. The first-order valence-corrected chi connectivity index (χ1v) is 32.1. The summed E-state index contributed by atoms with van der Waals surface area (Å²) >= 11 is 0. The molecule has 1 amide bonds. The number of amides is 1. The predicted octanol–water partition coefficient (Wildman–Crippen LogP) is 18.1. The van der Waals surface area contributed by atoms with Crippen molar-refractivity contribution in [3.8, 4) is 0 Å². The van der Waals surface area contributed by atoms with Crippen LogP contribution in [0.3, 0.4) is 0 Å². The number of phosphoric ester groups is 1. The van der Waals surface area contributed by atoms with Crippen LogP contribution in [0, 0.1) is 0 Å². The van der Waals surface area contributed by atoms with Crippen LogP contribution in [0.1, 0.15) is 309 Å². The second-order valence-corrected chi connectivity index (χ2v) is 23.8. The number of aliphatic hydroxyl groups excluding tert-OH is 1. The molecule has 9 heteroatoms. The normalized spacial score (nSPS) is 14.0. The fraction of sp³-hybridized carbons (Fsp3) is 0.918. The van der Waals surface area contributed by atoms with Gasteiger partial charge in [-0.1, -0.05) is 282 Å². The lowest BCUT2D eigenvalue weighted by atomic mass is 10.0. The van der Waals surface area contributed by atoms with Gasteiger partial charge in [0.05, 0.1) is 39.9 Å². The minimum atomic E-state index is -4.57. The average molecular weight is 1010 g/mol. The fourth-order valence-electron chi connectivity index (χ4n) is 9.37. The van der Waals surface area contributed by atoms with Crippen molar-refractivity contribution in [1.29, 1.82) is 0 Å². The van der Waals surface area contributed by atoms with Gasteiger partial charge in [-0.25, -0.2) is 0 Å². The molecule has 0 spiro atoms. The Labute approximate surface area is 436 Å². The molecule has 0 heterocycles. The van der Waals surface area contributed by atoms with Crippen molar-refractivity contribution >= 4 is 13.7 Å². The fourth-order valence-corrected chi connectivity index (χ4v) is 10.1. The van der Waals surface area contributed by atoms with Crippen LogP contribution in [0.4, 0.5) is 0 Å². The Morgan fingerprint density at radius 2 is 0.829 bits per heavy atom. The third kappa shape index (κ3) is 54.7. The number of quaternary nitrogens is 1. The maximum atomic E-state index is 13.0. The van der Waals surface area contributed by atoms with Gasteiger partial charge >= 0.3 is 0 Å². The molecule has 416 valence electrons. The molecule has 0 aromatic carbocycles. The summed E-state index contributed by atoms with van der Waals surface area (Å²) in [5, 5.41) is 14.0. The summed E-state index contributed by atoms with van der Waals surface area (Å²) in [6.45, 7) is 4.74. The molecule has 0 rings (SSSR count). The van der Waals surface area contributed by atoms with Crippen LogP contribution in [0.15, 0.2) is 24.3 Å². The van der Waals surface area contributed by atoms with Crippen molar-refractivity contribution < 1.29 is 32.9 Å². The van der Waals surface area contributed by atoms with E-state index < -0.39 is 20.0 Å². The van der Waals surface area contributed by atoms with E-state index in [2.05, 4.69) is 43.5 Å². The average Bonchev–Trinajstić information content (AvgIpc) is 3.32. The van der Waals surface area contributed by atoms with Gasteiger partial charge in [-0.15, -0.1) is 0 Å². The molecular formula is C61H121N2O6P. The molecule has 70 heavy (non-hydrogen) atoms. The summed E-state index contributed by atoms with van der Waals surface area (Å²) in [5.74, 6) is -0.165. The number of carbonyl (C=O) groups is 1. The second kappa shape index (κ2) is 52.8. The smallest absolute Gasteiger partial charge is 0.268 e. The number of carbonyl (C=O) groups excluding carboxylic acids is 1. The number of hydrogen-bond donors (Lipinski definition) is 2. The molecule has 2 N–H and O–H groups in total. The first kappa shape index (κ1) is 69.0. The minimum absolute atomic E-state index is 0.0126. The molecular weight excluding hydrogens is 888 g/mol. The van der Waals surface area contributed by atoms with E-state index in [0.29, 0.717) is 23.9 Å². The van der Waals surface area contributed by atoms with Crippen molar-refractivity contribution in [2.24, 2.45) is 0 Å². The number of aliphatic hydroxyl groups is 1. The van der Waals surface area contributed by atoms with E-state index in [1.54, 1.807) is 0 Å². The van der Waals surface area contributed by atoms with E-state index in [4.69, 9.17) is 9.05 Å². The molecule has 0 aliphatic carbocycles. The van der Waals surface area contributed by atoms with Gasteiger partial charge < -0.3 is 28.8 Å². The Morgan fingerprint density at radius 1 is 0.500 bits per heavy atom. The Balaban J connectivity index is 4.07. The van der Waals surface area contributed by atoms with Crippen LogP contribution in [0.2, 0.25) is 0 Å². The van der Waals surface area contributed by atoms with Gasteiger partial charge in [-0.3, -0.25) is 9.36 Å². The quantitative estimate of drug-likeness (QED) is 0.0272. The van der Waals surface area contributed by atoms with Gasteiger partial charge in [0.2, 0.25) is 5.91 Å². The lowest BCUT2D eigenvalue weighted by Gasteiger charge is -2.30. The number of nitrogens with one attached hydrogen (secondary N) is 1. The number of likely N-dealkylation sites (N-methyl/N-ethyl adjacent to an activating group) is 1. The molecule has 8 nitrogen and oxygen atoms in total. The van der Waals surface area contributed by atoms with Gasteiger partial charge in [-0.2, -0.15) is 0 Å². The van der Waals surface area contributed by atoms with Gasteiger partial charge in [-0.05, 0) is 44.9 Å². The summed E-state index contributed by atoms with van der Waals surface area (Å²) in [4.78, 5) is 25.6. The van der Waals surface area contributed by atoms with E-state index in [1.165, 1.54) is 238 Å². The van der Waals surface area contributed by atoms with E-state index >= 15 is 0 Å². The molecule has 0 aromatic rings. The number of allylic oxidation sites excluding steroid dienone is 4. The molecule has 3 atom stereocenters. The Kier molecular flexibility index (Phi) is 52.1. The van der Waals surface area contributed by atoms with Gasteiger partial charge in [0.15, 0.2) is 0 Å². The lowest BCUT2D eigenvalue weighted by Crippen LogP contribution is -2.46. The van der Waals surface area contributed by atoms with E-state index in [0.717, 1.165) is 44.9 Å². The molecule has 0 saturated heterocycles. The zero-order valence-electron chi connectivity index (χ0n) is 47.5. The highest BCUT2D eigenvalue weighted by Crippen LogP contribution is 2.38. The Bertz CT molecular complexity index is 1190. The third-order valence-electron chi connectivity index (χ3n) is 14.2. The highest BCUT2D eigenvalue weighted by molar-refractivity contribution is 7.45. The molecule has 0 aliphatic heterocycles. The number of hydrogen-bond acceptors (Lipinski definition) is 6. The number of phosphoric acid groups is 1. The first-order chi connectivity index (χ1) is 34.0. The predicted molar refractivity (Wildman–Crippen MR) is 302 cm³/mol. The number of nitrogens with zero attached hydrogens (tertiary/aromatic N) is 1. The summed E-state index contributed by atoms with van der Waals surface area (Å²) in [6.07, 6.45) is 66.5. The maximum Gasteiger partial charge on any atom is 0.268 e. The minimum Gasteiger partial charge on any atom is -0.756 e. The van der Waals surface area contributed by atoms with Crippen LogP contribution in [-0.4, -0.2) is 68.5 Å². The molecule has 0 bridgehead atoms. The highest BCUT2D eigenvalue weighted by Gasteiger charge is 2.24. The second-order valence-electron chi connectivity index (χ2n) is 22.4. The van der Waals surface area contributed by atoms with Crippen molar-refractivity contribution in [2.45, 2.75) is 321 Å². The maximum absolute atomic E-state index is 13.0. The summed E-state index contributed by atoms with van der Waals surface area (Å²) < 4.78 is 23.5. The third-order valence-corrected chi connectivity index (χ3v) is 15.2. The Hall–Kier alpha value is -1.02. The summed E-state index contributed by atoms with van der Waals surface area (Å²) in [6, 6.07) is -0.803. The van der Waals surface area contributed by atoms with Crippen molar-refractivity contribution in [2.75, 3.05) is 40.9 Å². The van der Waals surface area contributed by atoms with Crippen LogP contribution in [-0.2, 0) is 18.4 Å². The van der Waals surface area contributed by atoms with Crippen molar-refractivity contribution in [1.82, 2.24) is 5.32 Å². The van der Waals surface area contributed by atoms with Gasteiger partial charge in [0.25, 0.3) is 7.82 Å². The first-order valence-electron chi connectivity index (χ1n) is 30.7. The molecule has 0 saturated carbocycles. The SMILES string of the molecule is CCCCC/C=C\C/C=C\CCCCCCCCCCCC(=O)NC(COP(=O)([O-])OCC[N+](C)(C)C)C(O)CCCCCCCCCCCCCCCCCCCCCCCCCCCCCCC. The van der Waals surface area contributed by atoms with E-state index in [-0.39, 0.29) is 19.1 Å². The van der Waals surface area contributed by atoms with Crippen LogP contribution in [0.5, 0.6) is 0 Å². The Morgan fingerprint density at radius 3 is 1.21 bits per heavy atom. The standard InChI is InChI=1S/C61H121N2O6P/c1-6-8-10-12-14-16-18-20-22-24-26-27-28-29-30-31-32-33-34-35-37-38-40-42-44-46-48-50-52-54-60(64)59(58-69-70(66,67)68-57-56-63(3,4)5)62-61(65)55-53-51-49-47-45-43-41-39-36-25-23-21-19-17-15-13-11-9-7-2/h15,17,21,23,59-60,64H,6-14,16,18-20,22,24-58H2,1-5H3,(H-,62,65,66,67)/b17-15-,23-21-. The molecule has 0 aliphatic rings. The lowest BCUT2D eigenvalue weighted by molar-refractivity contribution is -0.870. The van der Waals surface area contributed by atoms with Crippen LogP contribution < -0.4 is 10.2 Å². The zero-order valence-corrected chi connectivity index (χ0v) is 48.4. The monoisotopic (exact) mass is 1010 g/mol. The van der Waals surface area contributed by atoms with Gasteiger partial charge in [0.1, 0.15) is 13.2 Å². The van der Waals surface area contributed by atoms with Crippen molar-refractivity contribution in [3.63, 3.8) is 0 Å². The van der Waals surface area contributed by atoms with Crippen LogP contribution in [0.25, 0.3) is 0 Å².